The van der Waals surface area contributed by atoms with Gasteiger partial charge in [0.2, 0.25) is 5.91 Å². The Labute approximate surface area is 195 Å². The van der Waals surface area contributed by atoms with Gasteiger partial charge < -0.3 is 15.0 Å². The summed E-state index contributed by atoms with van der Waals surface area (Å²) in [6.45, 7) is 0.145. The summed E-state index contributed by atoms with van der Waals surface area (Å²) >= 11 is 0. The molecule has 8 nitrogen and oxygen atoms in total. The Kier molecular flexibility index (Phi) is 5.61. The number of methoxy groups -OCH3 is 1. The van der Waals surface area contributed by atoms with Gasteiger partial charge in [0, 0.05) is 29.4 Å². The lowest BCUT2D eigenvalue weighted by Gasteiger charge is -2.25. The van der Waals surface area contributed by atoms with Gasteiger partial charge in [0.25, 0.3) is 0 Å². The third-order valence-corrected chi connectivity index (χ3v) is 6.15. The summed E-state index contributed by atoms with van der Waals surface area (Å²) in [7, 11) is 1.28. The van der Waals surface area contributed by atoms with Gasteiger partial charge in [0.05, 0.1) is 31.8 Å². The number of aromatic nitrogens is 2. The molecule has 9 heteroatoms. The van der Waals surface area contributed by atoms with Gasteiger partial charge in [-0.2, -0.15) is 0 Å². The van der Waals surface area contributed by atoms with Gasteiger partial charge >= 0.3 is 6.09 Å². The average molecular weight is 462 g/mol. The van der Waals surface area contributed by atoms with Crippen molar-refractivity contribution in [2.45, 2.75) is 25.6 Å². The number of benzene rings is 1. The summed E-state index contributed by atoms with van der Waals surface area (Å²) in [6, 6.07) is 13.2. The predicted molar refractivity (Wildman–Crippen MR) is 122 cm³/mol. The largest absolute Gasteiger partial charge is 0.453 e. The number of halogens is 1. The molecule has 3 heterocycles. The third-order valence-electron chi connectivity index (χ3n) is 6.15. The van der Waals surface area contributed by atoms with Gasteiger partial charge in [-0.25, -0.2) is 14.2 Å². The molecule has 2 aromatic heterocycles. The second kappa shape index (κ2) is 8.74. The van der Waals surface area contributed by atoms with Crippen LogP contribution < -0.4 is 5.32 Å². The highest BCUT2D eigenvalue weighted by atomic mass is 19.1. The first-order chi connectivity index (χ1) is 16.4. The van der Waals surface area contributed by atoms with Crippen molar-refractivity contribution in [2.24, 2.45) is 5.92 Å². The highest BCUT2D eigenvalue weighted by Gasteiger charge is 2.43. The maximum atomic E-state index is 13.3. The topological polar surface area (TPSA) is 104 Å². The Morgan fingerprint density at radius 2 is 2.00 bits per heavy atom. The van der Waals surface area contributed by atoms with E-state index >= 15 is 0 Å². The molecule has 174 valence electrons. The molecule has 1 aliphatic carbocycles. The van der Waals surface area contributed by atoms with E-state index in [2.05, 4.69) is 15.3 Å². The molecule has 0 radical (unpaired) electrons. The molecule has 1 aliphatic heterocycles. The Balaban J connectivity index is 1.54. The zero-order valence-corrected chi connectivity index (χ0v) is 18.5. The number of carbonyl (C=O) groups excluding carboxylic acids is 3. The van der Waals surface area contributed by atoms with Crippen molar-refractivity contribution >= 4 is 23.6 Å². The molecule has 5 rings (SSSR count). The Hall–Kier alpha value is -4.01. The van der Waals surface area contributed by atoms with Crippen LogP contribution in [0.1, 0.15) is 33.6 Å². The maximum Gasteiger partial charge on any atom is 0.410 e. The van der Waals surface area contributed by atoms with Crippen LogP contribution in [0.5, 0.6) is 0 Å². The van der Waals surface area contributed by atoms with Gasteiger partial charge in [0.15, 0.2) is 5.78 Å². The lowest BCUT2D eigenvalue weighted by molar-refractivity contribution is -0.117. The Morgan fingerprint density at radius 3 is 2.71 bits per heavy atom. The number of alkyl halides is 1. The fourth-order valence-electron chi connectivity index (χ4n) is 4.34. The van der Waals surface area contributed by atoms with Crippen molar-refractivity contribution in [1.29, 1.82) is 0 Å². The molecule has 0 bridgehead atoms. The zero-order valence-electron chi connectivity index (χ0n) is 18.5. The fourth-order valence-corrected chi connectivity index (χ4v) is 4.34. The number of ketones is 1. The van der Waals surface area contributed by atoms with Crippen molar-refractivity contribution < 1.29 is 23.5 Å². The highest BCUT2D eigenvalue weighted by Crippen LogP contribution is 2.36. The second-order valence-electron chi connectivity index (χ2n) is 8.52. The number of ether oxygens (including phenoxy) is 1. The van der Waals surface area contributed by atoms with Gasteiger partial charge in [-0.15, -0.1) is 0 Å². The first-order valence-corrected chi connectivity index (χ1v) is 11.0. The van der Waals surface area contributed by atoms with Crippen LogP contribution in [0, 0.1) is 5.92 Å². The summed E-state index contributed by atoms with van der Waals surface area (Å²) in [5.41, 5.74) is 4.46. The molecule has 1 fully saturated rings. The third kappa shape index (κ3) is 4.16. The Bertz CT molecular complexity index is 1270. The van der Waals surface area contributed by atoms with E-state index in [1.54, 1.807) is 18.3 Å². The lowest BCUT2D eigenvalue weighted by Crippen LogP contribution is -2.39. The van der Waals surface area contributed by atoms with Crippen LogP contribution in [-0.4, -0.2) is 52.5 Å². The molecule has 2 amide bonds. The number of amides is 2. The average Bonchev–Trinajstić information content (AvgIpc) is 3.47. The Morgan fingerprint density at radius 1 is 1.24 bits per heavy atom. The molecule has 1 aromatic carbocycles. The van der Waals surface area contributed by atoms with E-state index in [0.29, 0.717) is 29.2 Å². The first kappa shape index (κ1) is 21.8. The number of hydrogen-bond donors (Lipinski definition) is 2. The minimum atomic E-state index is -1.10. The standard InChI is InChI=1S/C25H23FN4O4/c1-34-25(33)30-12-19-22(20(31)13-30)17(9-14-5-3-2-4-6-14)23(28-19)15-7-8-27-21(10-15)29-24(32)16-11-18(16)26/h2-8,10,16,18,28H,9,11-13H2,1H3,(H,27,29,32)/t16-,18-/m1/s1. The maximum absolute atomic E-state index is 13.3. The minimum Gasteiger partial charge on any atom is -0.453 e. The van der Waals surface area contributed by atoms with E-state index in [4.69, 9.17) is 4.74 Å². The van der Waals surface area contributed by atoms with Gasteiger partial charge in [-0.3, -0.25) is 14.5 Å². The van der Waals surface area contributed by atoms with Crippen LogP contribution in [0.25, 0.3) is 11.3 Å². The van der Waals surface area contributed by atoms with Crippen molar-refractivity contribution in [3.05, 3.63) is 71.0 Å². The first-order valence-electron chi connectivity index (χ1n) is 11.0. The number of aromatic amines is 1. The number of rotatable bonds is 5. The molecule has 34 heavy (non-hydrogen) atoms. The van der Waals surface area contributed by atoms with Crippen LogP contribution in [-0.2, 0) is 22.5 Å². The summed E-state index contributed by atoms with van der Waals surface area (Å²) in [6.07, 6.45) is 0.621. The molecule has 2 atom stereocenters. The van der Waals surface area contributed by atoms with Crippen molar-refractivity contribution in [3.63, 3.8) is 0 Å². The van der Waals surface area contributed by atoms with E-state index in [-0.39, 0.29) is 25.3 Å². The molecule has 3 aromatic rings. The number of nitrogens with one attached hydrogen (secondary N) is 2. The van der Waals surface area contributed by atoms with E-state index in [9.17, 15) is 18.8 Å². The number of nitrogens with zero attached hydrogens (tertiary/aromatic N) is 2. The van der Waals surface area contributed by atoms with Crippen molar-refractivity contribution in [2.75, 3.05) is 19.0 Å². The monoisotopic (exact) mass is 462 g/mol. The van der Waals surface area contributed by atoms with Crippen LogP contribution in [0.4, 0.5) is 15.0 Å². The van der Waals surface area contributed by atoms with Crippen LogP contribution >= 0.6 is 0 Å². The second-order valence-corrected chi connectivity index (χ2v) is 8.52. The van der Waals surface area contributed by atoms with Crippen molar-refractivity contribution in [3.8, 4) is 11.3 Å². The van der Waals surface area contributed by atoms with E-state index < -0.39 is 24.1 Å². The van der Waals surface area contributed by atoms with E-state index in [0.717, 1.165) is 16.7 Å². The number of carbonyl (C=O) groups is 3. The summed E-state index contributed by atoms with van der Waals surface area (Å²) in [5.74, 6) is -0.886. The smallest absolute Gasteiger partial charge is 0.410 e. The van der Waals surface area contributed by atoms with Gasteiger partial charge in [-0.1, -0.05) is 30.3 Å². The molecule has 0 saturated heterocycles. The summed E-state index contributed by atoms with van der Waals surface area (Å²) in [5, 5.41) is 2.67. The van der Waals surface area contributed by atoms with Crippen LogP contribution in [0.2, 0.25) is 0 Å². The van der Waals surface area contributed by atoms with Gasteiger partial charge in [-0.05, 0) is 29.7 Å². The SMILES string of the molecule is COC(=O)N1CC(=O)c2c([nH]c(-c3ccnc(NC(=O)[C@@H]4C[C@H]4F)c3)c2Cc2ccccc2)C1. The zero-order chi connectivity index (χ0) is 23.8. The quantitative estimate of drug-likeness (QED) is 0.601. The van der Waals surface area contributed by atoms with Crippen molar-refractivity contribution in [1.82, 2.24) is 14.9 Å². The summed E-state index contributed by atoms with van der Waals surface area (Å²) < 4.78 is 18.1. The van der Waals surface area contributed by atoms with Gasteiger partial charge in [0.1, 0.15) is 12.0 Å². The molecular formula is C25H23FN4O4. The minimum absolute atomic E-state index is 0.0673. The number of anilines is 1. The molecule has 0 unspecified atom stereocenters. The predicted octanol–water partition coefficient (Wildman–Crippen LogP) is 3.73. The number of hydrogen-bond acceptors (Lipinski definition) is 5. The van der Waals surface area contributed by atoms with Crippen LogP contribution in [0.3, 0.4) is 0 Å². The number of pyridine rings is 1. The molecule has 0 spiro atoms. The summed E-state index contributed by atoms with van der Waals surface area (Å²) in [4.78, 5) is 46.2. The molecule has 2 aliphatic rings. The number of fused-ring (bicyclic) bond motifs is 1. The lowest BCUT2D eigenvalue weighted by atomic mass is 9.94. The van der Waals surface area contributed by atoms with Crippen LogP contribution in [0.15, 0.2) is 48.7 Å². The molecule has 1 saturated carbocycles. The number of Topliss-reactive ketones (excluding diaryl/α,β-unsaturated/α-hetero) is 1. The van der Waals surface area contributed by atoms with E-state index in [1.165, 1.54) is 12.0 Å². The fraction of sp³-hybridized carbons (Fsp3) is 0.280. The number of H-pyrrole nitrogens is 1. The molecular weight excluding hydrogens is 439 g/mol. The molecule has 2 N–H and O–H groups in total. The van der Waals surface area contributed by atoms with E-state index in [1.807, 2.05) is 30.3 Å². The highest BCUT2D eigenvalue weighted by molar-refractivity contribution is 6.04. The normalized spacial score (nSPS) is 18.9.